The Morgan fingerprint density at radius 1 is 1.16 bits per heavy atom. The van der Waals surface area contributed by atoms with E-state index in [2.05, 4.69) is 4.72 Å². The Balaban J connectivity index is 2.32. The maximum Gasteiger partial charge on any atom is 0.241 e. The monoisotopic (exact) mass is 282 g/mol. The van der Waals surface area contributed by atoms with Gasteiger partial charge in [-0.1, -0.05) is 18.9 Å². The van der Waals surface area contributed by atoms with Gasteiger partial charge in [0.2, 0.25) is 10.0 Å². The zero-order chi connectivity index (χ0) is 14.1. The molecular formula is C14H22N2O2S. The van der Waals surface area contributed by atoms with E-state index in [4.69, 9.17) is 5.73 Å². The van der Waals surface area contributed by atoms with Gasteiger partial charge in [0.25, 0.3) is 0 Å². The van der Waals surface area contributed by atoms with Crippen molar-refractivity contribution in [2.45, 2.75) is 50.0 Å². The molecule has 1 fully saturated rings. The summed E-state index contributed by atoms with van der Waals surface area (Å²) in [4.78, 5) is 0.338. The van der Waals surface area contributed by atoms with E-state index in [-0.39, 0.29) is 0 Å². The van der Waals surface area contributed by atoms with E-state index in [0.29, 0.717) is 11.4 Å². The lowest BCUT2D eigenvalue weighted by molar-refractivity contribution is 0.399. The van der Waals surface area contributed by atoms with Crippen LogP contribution < -0.4 is 10.5 Å². The van der Waals surface area contributed by atoms with Gasteiger partial charge in [0, 0.05) is 12.1 Å². The number of benzene rings is 1. The van der Waals surface area contributed by atoms with Crippen LogP contribution in [-0.2, 0) is 10.0 Å². The zero-order valence-corrected chi connectivity index (χ0v) is 12.4. The second-order valence-electron chi connectivity index (χ2n) is 5.62. The number of hydrogen-bond acceptors (Lipinski definition) is 3. The van der Waals surface area contributed by atoms with Gasteiger partial charge in [-0.2, -0.15) is 0 Å². The van der Waals surface area contributed by atoms with Crippen molar-refractivity contribution in [2.24, 2.45) is 5.73 Å². The molecule has 0 atom stereocenters. The number of rotatable bonds is 4. The lowest BCUT2D eigenvalue weighted by atomic mass is 10.0. The second-order valence-corrected chi connectivity index (χ2v) is 7.30. The lowest BCUT2D eigenvalue weighted by Crippen LogP contribution is -2.51. The van der Waals surface area contributed by atoms with Gasteiger partial charge in [-0.05, 0) is 49.9 Å². The molecule has 0 bridgehead atoms. The molecule has 0 unspecified atom stereocenters. The maximum atomic E-state index is 12.5. The van der Waals surface area contributed by atoms with Crippen LogP contribution in [0.1, 0.15) is 36.8 Å². The fraction of sp³-hybridized carbons (Fsp3) is 0.571. The Kier molecular flexibility index (Phi) is 3.99. The van der Waals surface area contributed by atoms with Crippen LogP contribution in [0.4, 0.5) is 0 Å². The molecule has 1 aromatic rings. The highest BCUT2D eigenvalue weighted by Gasteiger charge is 2.36. The predicted molar refractivity (Wildman–Crippen MR) is 76.5 cm³/mol. The summed E-state index contributed by atoms with van der Waals surface area (Å²) in [5.74, 6) is 0. The molecule has 1 aromatic carbocycles. The summed E-state index contributed by atoms with van der Waals surface area (Å²) in [5, 5.41) is 0. The molecule has 4 nitrogen and oxygen atoms in total. The molecule has 5 heteroatoms. The summed E-state index contributed by atoms with van der Waals surface area (Å²) in [6, 6.07) is 5.37. The van der Waals surface area contributed by atoms with Crippen molar-refractivity contribution in [3.63, 3.8) is 0 Å². The third kappa shape index (κ3) is 3.16. The molecule has 0 aromatic heterocycles. The third-order valence-corrected chi connectivity index (χ3v) is 5.37. The van der Waals surface area contributed by atoms with Crippen LogP contribution in [0.5, 0.6) is 0 Å². The van der Waals surface area contributed by atoms with Crippen LogP contribution in [0, 0.1) is 13.8 Å². The van der Waals surface area contributed by atoms with E-state index in [1.54, 1.807) is 12.1 Å². The van der Waals surface area contributed by atoms with Gasteiger partial charge in [0.1, 0.15) is 0 Å². The van der Waals surface area contributed by atoms with Crippen LogP contribution >= 0.6 is 0 Å². The van der Waals surface area contributed by atoms with E-state index in [9.17, 15) is 8.42 Å². The standard InChI is InChI=1S/C14H22N2O2S/c1-11-7-12(2)9-13(8-11)19(17,18)16-14(10-15)5-3-4-6-14/h7-9,16H,3-6,10,15H2,1-2H3. The quantitative estimate of drug-likeness (QED) is 0.885. The molecule has 1 aliphatic carbocycles. The third-order valence-electron chi connectivity index (χ3n) is 3.81. The second kappa shape index (κ2) is 5.23. The van der Waals surface area contributed by atoms with Crippen molar-refractivity contribution in [1.29, 1.82) is 0 Å². The Labute approximate surface area is 115 Å². The molecule has 0 heterocycles. The van der Waals surface area contributed by atoms with Gasteiger partial charge in [-0.3, -0.25) is 0 Å². The van der Waals surface area contributed by atoms with E-state index in [1.165, 1.54) is 0 Å². The largest absolute Gasteiger partial charge is 0.329 e. The van der Waals surface area contributed by atoms with Gasteiger partial charge < -0.3 is 5.73 Å². The first-order chi connectivity index (χ1) is 8.87. The number of sulfonamides is 1. The van der Waals surface area contributed by atoms with Crippen molar-refractivity contribution >= 4 is 10.0 Å². The molecule has 0 radical (unpaired) electrons. The predicted octanol–water partition coefficient (Wildman–Crippen LogP) is 1.85. The van der Waals surface area contributed by atoms with Gasteiger partial charge >= 0.3 is 0 Å². The minimum Gasteiger partial charge on any atom is -0.329 e. The zero-order valence-electron chi connectivity index (χ0n) is 11.6. The minimum atomic E-state index is -3.49. The molecule has 19 heavy (non-hydrogen) atoms. The first-order valence-electron chi connectivity index (χ1n) is 6.69. The molecule has 106 valence electrons. The van der Waals surface area contributed by atoms with Crippen LogP contribution in [0.3, 0.4) is 0 Å². The van der Waals surface area contributed by atoms with Crippen molar-refractivity contribution in [2.75, 3.05) is 6.54 Å². The van der Waals surface area contributed by atoms with Crippen LogP contribution in [-0.4, -0.2) is 20.5 Å². The number of aryl methyl sites for hydroxylation is 2. The highest BCUT2D eigenvalue weighted by Crippen LogP contribution is 2.30. The van der Waals surface area contributed by atoms with E-state index >= 15 is 0 Å². The smallest absolute Gasteiger partial charge is 0.241 e. The normalized spacial score (nSPS) is 18.7. The summed E-state index contributed by atoms with van der Waals surface area (Å²) >= 11 is 0. The minimum absolute atomic E-state index is 0.338. The Morgan fingerprint density at radius 3 is 2.16 bits per heavy atom. The molecular weight excluding hydrogens is 260 g/mol. The van der Waals surface area contributed by atoms with E-state index in [0.717, 1.165) is 36.8 Å². The van der Waals surface area contributed by atoms with Crippen LogP contribution in [0.2, 0.25) is 0 Å². The molecule has 1 saturated carbocycles. The van der Waals surface area contributed by atoms with Gasteiger partial charge in [-0.25, -0.2) is 13.1 Å². The first kappa shape index (κ1) is 14.5. The summed E-state index contributed by atoms with van der Waals surface area (Å²) in [5.41, 5.74) is 7.24. The molecule has 0 aliphatic heterocycles. The Hall–Kier alpha value is -0.910. The average molecular weight is 282 g/mol. The van der Waals surface area contributed by atoms with Crippen molar-refractivity contribution in [3.05, 3.63) is 29.3 Å². The van der Waals surface area contributed by atoms with Crippen molar-refractivity contribution in [3.8, 4) is 0 Å². The van der Waals surface area contributed by atoms with E-state index < -0.39 is 15.6 Å². The van der Waals surface area contributed by atoms with Gasteiger partial charge in [0.05, 0.1) is 4.90 Å². The van der Waals surface area contributed by atoms with Gasteiger partial charge in [0.15, 0.2) is 0 Å². The Bertz CT molecular complexity index is 541. The summed E-state index contributed by atoms with van der Waals surface area (Å²) < 4.78 is 27.8. The van der Waals surface area contributed by atoms with Crippen molar-refractivity contribution in [1.82, 2.24) is 4.72 Å². The molecule has 2 rings (SSSR count). The first-order valence-corrected chi connectivity index (χ1v) is 8.18. The highest BCUT2D eigenvalue weighted by molar-refractivity contribution is 7.89. The van der Waals surface area contributed by atoms with Crippen LogP contribution in [0.15, 0.2) is 23.1 Å². The molecule has 0 saturated heterocycles. The van der Waals surface area contributed by atoms with E-state index in [1.807, 2.05) is 19.9 Å². The molecule has 0 spiro atoms. The van der Waals surface area contributed by atoms with Crippen LogP contribution in [0.25, 0.3) is 0 Å². The Morgan fingerprint density at radius 2 is 1.68 bits per heavy atom. The topological polar surface area (TPSA) is 72.2 Å². The number of nitrogens with two attached hydrogens (primary N) is 1. The summed E-state index contributed by atoms with van der Waals surface area (Å²) in [6.07, 6.45) is 3.72. The number of hydrogen-bond donors (Lipinski definition) is 2. The summed E-state index contributed by atoms with van der Waals surface area (Å²) in [7, 11) is -3.49. The summed E-state index contributed by atoms with van der Waals surface area (Å²) in [6.45, 7) is 4.16. The molecule has 0 amide bonds. The van der Waals surface area contributed by atoms with Gasteiger partial charge in [-0.15, -0.1) is 0 Å². The maximum absolute atomic E-state index is 12.5. The SMILES string of the molecule is Cc1cc(C)cc(S(=O)(=O)NC2(CN)CCCC2)c1. The average Bonchev–Trinajstić information content (AvgIpc) is 2.76. The lowest BCUT2D eigenvalue weighted by Gasteiger charge is -2.28. The number of nitrogens with one attached hydrogen (secondary N) is 1. The fourth-order valence-corrected chi connectivity index (χ4v) is 4.49. The van der Waals surface area contributed by atoms with Crippen molar-refractivity contribution < 1.29 is 8.42 Å². The molecule has 3 N–H and O–H groups in total. The molecule has 1 aliphatic rings. The fourth-order valence-electron chi connectivity index (χ4n) is 2.83. The highest BCUT2D eigenvalue weighted by atomic mass is 32.2.